The summed E-state index contributed by atoms with van der Waals surface area (Å²) < 4.78 is 0.905. The van der Waals surface area contributed by atoms with E-state index in [0.717, 1.165) is 33.6 Å². The first kappa shape index (κ1) is 17.4. The highest BCUT2D eigenvalue weighted by Crippen LogP contribution is 2.36. The van der Waals surface area contributed by atoms with Gasteiger partial charge in [0.15, 0.2) is 4.34 Å². The SMILES string of the molecule is Cc1nnc(SCCC(=O)N2CCC[C@H]2c2ccc(C(N)=O)s2)s1. The lowest BCUT2D eigenvalue weighted by Gasteiger charge is -2.23. The van der Waals surface area contributed by atoms with E-state index in [0.29, 0.717) is 17.1 Å². The molecule has 2 aromatic heterocycles. The Kier molecular flexibility index (Phi) is 5.52. The van der Waals surface area contributed by atoms with Gasteiger partial charge in [-0.25, -0.2) is 0 Å². The zero-order valence-electron chi connectivity index (χ0n) is 13.2. The fourth-order valence-electron chi connectivity index (χ4n) is 2.73. The molecule has 2 aromatic rings. The minimum atomic E-state index is -0.411. The molecule has 1 saturated heterocycles. The second-order valence-corrected chi connectivity index (χ2v) is 9.14. The molecule has 3 heterocycles. The minimum Gasteiger partial charge on any atom is -0.365 e. The van der Waals surface area contributed by atoms with Crippen LogP contribution in [0, 0.1) is 6.92 Å². The zero-order chi connectivity index (χ0) is 17.1. The van der Waals surface area contributed by atoms with Crippen LogP contribution in [0.5, 0.6) is 0 Å². The highest BCUT2D eigenvalue weighted by Gasteiger charge is 2.30. The average Bonchev–Trinajstić information content (AvgIpc) is 3.26. The van der Waals surface area contributed by atoms with Crippen molar-refractivity contribution in [3.63, 3.8) is 0 Å². The third-order valence-electron chi connectivity index (χ3n) is 3.82. The molecule has 2 N–H and O–H groups in total. The van der Waals surface area contributed by atoms with E-state index in [1.807, 2.05) is 17.9 Å². The van der Waals surface area contributed by atoms with Crippen molar-refractivity contribution in [2.24, 2.45) is 5.73 Å². The Hall–Kier alpha value is -1.45. The van der Waals surface area contributed by atoms with Gasteiger partial charge < -0.3 is 10.6 Å². The monoisotopic (exact) mass is 382 g/mol. The Morgan fingerprint density at radius 1 is 1.38 bits per heavy atom. The van der Waals surface area contributed by atoms with E-state index in [-0.39, 0.29) is 11.9 Å². The molecule has 0 spiro atoms. The molecule has 0 unspecified atom stereocenters. The molecule has 0 saturated carbocycles. The van der Waals surface area contributed by atoms with E-state index >= 15 is 0 Å². The van der Waals surface area contributed by atoms with E-state index in [9.17, 15) is 9.59 Å². The van der Waals surface area contributed by atoms with E-state index in [4.69, 9.17) is 5.73 Å². The number of aromatic nitrogens is 2. The number of nitrogens with two attached hydrogens (primary N) is 1. The highest BCUT2D eigenvalue weighted by atomic mass is 32.2. The molecule has 1 atom stereocenters. The van der Waals surface area contributed by atoms with Crippen LogP contribution in [0.4, 0.5) is 0 Å². The van der Waals surface area contributed by atoms with E-state index in [1.54, 1.807) is 29.2 Å². The predicted molar refractivity (Wildman–Crippen MR) is 96.5 cm³/mol. The van der Waals surface area contributed by atoms with Crippen molar-refractivity contribution in [2.75, 3.05) is 12.3 Å². The van der Waals surface area contributed by atoms with E-state index < -0.39 is 5.91 Å². The summed E-state index contributed by atoms with van der Waals surface area (Å²) in [7, 11) is 0. The van der Waals surface area contributed by atoms with Crippen LogP contribution in [0.15, 0.2) is 16.5 Å². The molecular weight excluding hydrogens is 364 g/mol. The third-order valence-corrected chi connectivity index (χ3v) is 6.99. The first-order chi connectivity index (χ1) is 11.5. The Morgan fingerprint density at radius 3 is 2.88 bits per heavy atom. The molecule has 9 heteroatoms. The summed E-state index contributed by atoms with van der Waals surface area (Å²) in [6.45, 7) is 2.69. The molecule has 1 aliphatic heterocycles. The number of primary amides is 1. The maximum atomic E-state index is 12.6. The van der Waals surface area contributed by atoms with Gasteiger partial charge in [0.05, 0.1) is 10.9 Å². The summed E-state index contributed by atoms with van der Waals surface area (Å²) in [5.74, 6) is 0.444. The fourth-order valence-corrected chi connectivity index (χ4v) is 5.55. The van der Waals surface area contributed by atoms with Crippen molar-refractivity contribution in [2.45, 2.75) is 36.6 Å². The molecule has 24 heavy (non-hydrogen) atoms. The molecule has 0 aromatic carbocycles. The molecule has 3 rings (SSSR count). The molecule has 128 valence electrons. The third kappa shape index (κ3) is 3.96. The molecule has 0 aliphatic carbocycles. The molecule has 0 bridgehead atoms. The standard InChI is InChI=1S/C15H18N4O2S3/c1-9-17-18-15(23-9)22-8-6-13(20)19-7-2-3-10(19)11-4-5-12(24-11)14(16)21/h4-5,10H,2-3,6-8H2,1H3,(H2,16,21)/t10-/m0/s1. The molecule has 2 amide bonds. The average molecular weight is 383 g/mol. The summed E-state index contributed by atoms with van der Waals surface area (Å²) in [5, 5.41) is 8.97. The van der Waals surface area contributed by atoms with Crippen LogP contribution in [0.2, 0.25) is 0 Å². The van der Waals surface area contributed by atoms with Gasteiger partial charge in [-0.3, -0.25) is 9.59 Å². The summed E-state index contributed by atoms with van der Waals surface area (Å²) >= 11 is 4.51. The Bertz CT molecular complexity index is 743. The first-order valence-corrected chi connectivity index (χ1v) is 10.3. The number of aryl methyl sites for hydroxylation is 1. The number of nitrogens with zero attached hydrogens (tertiary/aromatic N) is 3. The predicted octanol–water partition coefficient (Wildman–Crippen LogP) is 2.85. The zero-order valence-corrected chi connectivity index (χ0v) is 15.7. The largest absolute Gasteiger partial charge is 0.365 e. The van der Waals surface area contributed by atoms with Crippen molar-refractivity contribution in [3.8, 4) is 0 Å². The van der Waals surface area contributed by atoms with Crippen molar-refractivity contribution in [3.05, 3.63) is 26.9 Å². The first-order valence-electron chi connectivity index (χ1n) is 7.66. The lowest BCUT2D eigenvalue weighted by atomic mass is 10.2. The van der Waals surface area contributed by atoms with Crippen molar-refractivity contribution in [1.82, 2.24) is 15.1 Å². The number of carbonyl (C=O) groups excluding carboxylic acids is 2. The van der Waals surface area contributed by atoms with Crippen LogP contribution < -0.4 is 5.73 Å². The van der Waals surface area contributed by atoms with Gasteiger partial charge >= 0.3 is 0 Å². The Labute approximate surface area is 152 Å². The van der Waals surface area contributed by atoms with Crippen LogP contribution in [0.25, 0.3) is 0 Å². The van der Waals surface area contributed by atoms with Crippen molar-refractivity contribution >= 4 is 46.2 Å². The summed E-state index contributed by atoms with van der Waals surface area (Å²) in [4.78, 5) is 27.3. The lowest BCUT2D eigenvalue weighted by Crippen LogP contribution is -2.30. The minimum absolute atomic E-state index is 0.0735. The van der Waals surface area contributed by atoms with Gasteiger partial charge in [-0.1, -0.05) is 23.1 Å². The number of likely N-dealkylation sites (tertiary alicyclic amines) is 1. The Morgan fingerprint density at radius 2 is 2.21 bits per heavy atom. The van der Waals surface area contributed by atoms with Gasteiger partial charge in [-0.2, -0.15) is 0 Å². The fraction of sp³-hybridized carbons (Fsp3) is 0.467. The molecular formula is C15H18N4O2S3. The summed E-state index contributed by atoms with van der Waals surface area (Å²) in [6.07, 6.45) is 2.41. The van der Waals surface area contributed by atoms with Crippen LogP contribution in [0.1, 0.15) is 44.9 Å². The van der Waals surface area contributed by atoms with E-state index in [1.165, 1.54) is 11.3 Å². The highest BCUT2D eigenvalue weighted by molar-refractivity contribution is 8.01. The topological polar surface area (TPSA) is 89.2 Å². The lowest BCUT2D eigenvalue weighted by molar-refractivity contribution is -0.131. The van der Waals surface area contributed by atoms with Crippen LogP contribution in [-0.4, -0.2) is 39.2 Å². The maximum Gasteiger partial charge on any atom is 0.258 e. The second-order valence-electron chi connectivity index (χ2n) is 5.50. The summed E-state index contributed by atoms with van der Waals surface area (Å²) in [6, 6.07) is 3.74. The Balaban J connectivity index is 1.57. The number of thioether (sulfide) groups is 1. The van der Waals surface area contributed by atoms with E-state index in [2.05, 4.69) is 10.2 Å². The number of amides is 2. The van der Waals surface area contributed by atoms with Crippen LogP contribution in [-0.2, 0) is 4.79 Å². The van der Waals surface area contributed by atoms with Gasteiger partial charge in [0, 0.05) is 23.6 Å². The van der Waals surface area contributed by atoms with Crippen molar-refractivity contribution in [1.29, 1.82) is 0 Å². The van der Waals surface area contributed by atoms with Crippen molar-refractivity contribution < 1.29 is 9.59 Å². The van der Waals surface area contributed by atoms with Gasteiger partial charge in [-0.15, -0.1) is 21.5 Å². The number of hydrogen-bond donors (Lipinski definition) is 1. The van der Waals surface area contributed by atoms with Gasteiger partial charge in [-0.05, 0) is 31.9 Å². The number of carbonyl (C=O) groups is 2. The maximum absolute atomic E-state index is 12.6. The van der Waals surface area contributed by atoms with Gasteiger partial charge in [0.25, 0.3) is 5.91 Å². The quantitative estimate of drug-likeness (QED) is 0.776. The normalized spacial score (nSPS) is 17.4. The number of hydrogen-bond acceptors (Lipinski definition) is 7. The molecule has 6 nitrogen and oxygen atoms in total. The summed E-state index contributed by atoms with van der Waals surface area (Å²) in [5.41, 5.74) is 5.32. The molecule has 1 fully saturated rings. The van der Waals surface area contributed by atoms with Crippen LogP contribution in [0.3, 0.4) is 0 Å². The number of thiophene rings is 1. The molecule has 0 radical (unpaired) electrons. The van der Waals surface area contributed by atoms with Crippen LogP contribution >= 0.6 is 34.4 Å². The van der Waals surface area contributed by atoms with Gasteiger partial charge in [0.2, 0.25) is 5.91 Å². The smallest absolute Gasteiger partial charge is 0.258 e. The van der Waals surface area contributed by atoms with Gasteiger partial charge in [0.1, 0.15) is 5.01 Å². The molecule has 1 aliphatic rings. The second kappa shape index (κ2) is 7.62. The number of rotatable bonds is 6.